The van der Waals surface area contributed by atoms with Crippen molar-refractivity contribution in [3.05, 3.63) is 65.3 Å². The summed E-state index contributed by atoms with van der Waals surface area (Å²) in [5, 5.41) is 4.37. The van der Waals surface area contributed by atoms with Crippen molar-refractivity contribution in [1.29, 1.82) is 0 Å². The van der Waals surface area contributed by atoms with Gasteiger partial charge in [0.15, 0.2) is 17.4 Å². The zero-order valence-corrected chi connectivity index (χ0v) is 15.9. The van der Waals surface area contributed by atoms with Crippen molar-refractivity contribution in [2.24, 2.45) is 5.92 Å². The highest BCUT2D eigenvalue weighted by atomic mass is 35.5. The number of imide groups is 2. The number of fused-ring (bicyclic) bond motifs is 1. The number of benzene rings is 2. The number of hydrogen-bond donors (Lipinski definition) is 2. The van der Waals surface area contributed by atoms with Crippen molar-refractivity contribution in [3.8, 4) is 11.5 Å². The molecule has 2 aromatic carbocycles. The molecule has 9 heteroatoms. The number of carbonyl (C=O) groups excluding carboxylic acids is 3. The molecule has 0 bridgehead atoms. The van der Waals surface area contributed by atoms with Gasteiger partial charge in [-0.1, -0.05) is 11.6 Å². The van der Waals surface area contributed by atoms with E-state index in [4.69, 9.17) is 21.1 Å². The quantitative estimate of drug-likeness (QED) is 0.723. The summed E-state index contributed by atoms with van der Waals surface area (Å²) in [7, 11) is 0. The lowest BCUT2D eigenvalue weighted by atomic mass is 10.0. The zero-order chi connectivity index (χ0) is 20.5. The van der Waals surface area contributed by atoms with Crippen LogP contribution in [-0.2, 0) is 16.1 Å². The van der Waals surface area contributed by atoms with Gasteiger partial charge < -0.3 is 14.8 Å². The first-order chi connectivity index (χ1) is 13.9. The summed E-state index contributed by atoms with van der Waals surface area (Å²) in [6.07, 6.45) is 0. The number of urea groups is 1. The molecule has 0 spiro atoms. The van der Waals surface area contributed by atoms with Gasteiger partial charge in [0, 0.05) is 10.6 Å². The summed E-state index contributed by atoms with van der Waals surface area (Å²) in [6, 6.07) is 10.9. The molecule has 0 aromatic heterocycles. The third-order valence-electron chi connectivity index (χ3n) is 4.66. The molecule has 3 N–H and O–H groups in total. The smallest absolute Gasteiger partial charge is 0.335 e. The number of rotatable bonds is 5. The molecule has 8 nitrogen and oxygen atoms in total. The van der Waals surface area contributed by atoms with Crippen molar-refractivity contribution < 1.29 is 29.2 Å². The highest BCUT2D eigenvalue weighted by molar-refractivity contribution is 6.31. The highest BCUT2D eigenvalue weighted by Gasteiger charge is 2.44. The zero-order valence-electron chi connectivity index (χ0n) is 15.2. The third kappa shape index (κ3) is 3.67. The second-order valence-electron chi connectivity index (χ2n) is 6.55. The van der Waals surface area contributed by atoms with Gasteiger partial charge in [-0.2, -0.15) is 0 Å². The normalized spacial score (nSPS) is 18.0. The Morgan fingerprint density at radius 1 is 1.14 bits per heavy atom. The summed E-state index contributed by atoms with van der Waals surface area (Å²) < 4.78 is 10.6. The molecule has 1 atom stereocenters. The molecule has 148 valence electrons. The lowest BCUT2D eigenvalue weighted by Gasteiger charge is -2.29. The monoisotopic (exact) mass is 414 g/mol. The van der Waals surface area contributed by atoms with Gasteiger partial charge in [-0.3, -0.25) is 14.9 Å². The molecule has 4 rings (SSSR count). The predicted molar refractivity (Wildman–Crippen MR) is 103 cm³/mol. The van der Waals surface area contributed by atoms with E-state index in [2.05, 4.69) is 11.9 Å². The van der Waals surface area contributed by atoms with Crippen LogP contribution in [0.1, 0.15) is 5.56 Å². The van der Waals surface area contributed by atoms with E-state index in [-0.39, 0.29) is 6.79 Å². The number of nitrogens with zero attached hydrogens (tertiary/aromatic N) is 1. The number of halogens is 1. The second kappa shape index (κ2) is 7.57. The largest absolute Gasteiger partial charge is 0.454 e. The van der Waals surface area contributed by atoms with Crippen molar-refractivity contribution in [1.82, 2.24) is 5.32 Å². The molecule has 1 fully saturated rings. The SMILES string of the molecule is C=C([NH2+]Cc1ccc2c(c1)OCO2)C1C(=O)NC(=O)N(c2ccc(Cl)cc2)C1=O. The van der Waals surface area contributed by atoms with Crippen LogP contribution in [-0.4, -0.2) is 24.6 Å². The molecule has 4 amide bonds. The molecule has 0 saturated carbocycles. The maximum absolute atomic E-state index is 12.9. The van der Waals surface area contributed by atoms with Crippen LogP contribution in [0.5, 0.6) is 11.5 Å². The van der Waals surface area contributed by atoms with Gasteiger partial charge in [-0.25, -0.2) is 9.69 Å². The number of anilines is 1. The lowest BCUT2D eigenvalue weighted by molar-refractivity contribution is -0.626. The summed E-state index contributed by atoms with van der Waals surface area (Å²) in [5.74, 6) is -1.23. The first-order valence-corrected chi connectivity index (χ1v) is 9.17. The van der Waals surface area contributed by atoms with E-state index in [1.165, 1.54) is 12.1 Å². The average Bonchev–Trinajstić information content (AvgIpc) is 3.15. The molecule has 2 aromatic rings. The van der Waals surface area contributed by atoms with Gasteiger partial charge >= 0.3 is 6.03 Å². The summed E-state index contributed by atoms with van der Waals surface area (Å²) in [6.45, 7) is 4.49. The van der Waals surface area contributed by atoms with E-state index in [1.54, 1.807) is 23.5 Å². The maximum atomic E-state index is 12.9. The Balaban J connectivity index is 1.49. The lowest BCUT2D eigenvalue weighted by Crippen LogP contribution is -2.83. The third-order valence-corrected chi connectivity index (χ3v) is 4.91. The number of quaternary nitrogens is 1. The van der Waals surface area contributed by atoms with E-state index in [1.807, 2.05) is 12.1 Å². The summed E-state index contributed by atoms with van der Waals surface area (Å²) in [5.41, 5.74) is 1.53. The van der Waals surface area contributed by atoms with Crippen LogP contribution in [0, 0.1) is 5.92 Å². The fourth-order valence-electron chi connectivity index (χ4n) is 3.17. The van der Waals surface area contributed by atoms with E-state index in [9.17, 15) is 14.4 Å². The molecule has 0 aliphatic carbocycles. The number of ether oxygens (including phenoxy) is 2. The van der Waals surface area contributed by atoms with Crippen LogP contribution >= 0.6 is 11.6 Å². The molecule has 2 aliphatic rings. The predicted octanol–water partition coefficient (Wildman–Crippen LogP) is 1.54. The molecule has 2 aliphatic heterocycles. The van der Waals surface area contributed by atoms with Crippen molar-refractivity contribution >= 4 is 35.1 Å². The topological polar surface area (TPSA) is 102 Å². The Kier molecular flexibility index (Phi) is 4.96. The van der Waals surface area contributed by atoms with Crippen LogP contribution in [0.25, 0.3) is 0 Å². The number of nitrogens with two attached hydrogens (primary N) is 1. The van der Waals surface area contributed by atoms with Gasteiger partial charge in [0.25, 0.3) is 11.8 Å². The molecule has 1 saturated heterocycles. The first kappa shape index (κ1) is 19.0. The van der Waals surface area contributed by atoms with Crippen LogP contribution < -0.4 is 25.0 Å². The van der Waals surface area contributed by atoms with Crippen molar-refractivity contribution in [2.75, 3.05) is 11.7 Å². The number of barbiturate groups is 1. The standard InChI is InChI=1S/C20H16ClN3O5/c1-11(22-9-12-2-7-15-16(8-12)29-10-28-15)17-18(25)23-20(27)24(19(17)26)14-5-3-13(21)4-6-14/h2-8,17,22H,1,9-10H2,(H,23,25,27)/p+1. The summed E-state index contributed by atoms with van der Waals surface area (Å²) in [4.78, 5) is 38.4. The Hall–Kier alpha value is -3.36. The van der Waals surface area contributed by atoms with Crippen LogP contribution in [0.2, 0.25) is 5.02 Å². The molecule has 29 heavy (non-hydrogen) atoms. The van der Waals surface area contributed by atoms with E-state index < -0.39 is 23.8 Å². The van der Waals surface area contributed by atoms with Gasteiger partial charge in [0.05, 0.1) is 5.69 Å². The number of carbonyl (C=O) groups is 3. The molecular weight excluding hydrogens is 398 g/mol. The average molecular weight is 415 g/mol. The number of nitrogens with one attached hydrogen (secondary N) is 1. The Morgan fingerprint density at radius 3 is 2.62 bits per heavy atom. The fraction of sp³-hybridized carbons (Fsp3) is 0.150. The molecular formula is C20H17ClN3O5+. The highest BCUT2D eigenvalue weighted by Crippen LogP contribution is 2.32. The minimum atomic E-state index is -1.20. The Labute approximate surface area is 171 Å². The Morgan fingerprint density at radius 2 is 1.86 bits per heavy atom. The number of hydrogen-bond acceptors (Lipinski definition) is 5. The van der Waals surface area contributed by atoms with Gasteiger partial charge in [0.2, 0.25) is 6.79 Å². The van der Waals surface area contributed by atoms with E-state index >= 15 is 0 Å². The molecule has 0 radical (unpaired) electrons. The minimum Gasteiger partial charge on any atom is -0.454 e. The fourth-order valence-corrected chi connectivity index (χ4v) is 3.30. The van der Waals surface area contributed by atoms with E-state index in [0.29, 0.717) is 34.5 Å². The van der Waals surface area contributed by atoms with Gasteiger partial charge in [-0.15, -0.1) is 0 Å². The van der Waals surface area contributed by atoms with E-state index in [0.717, 1.165) is 10.5 Å². The van der Waals surface area contributed by atoms with Crippen molar-refractivity contribution in [3.63, 3.8) is 0 Å². The summed E-state index contributed by atoms with van der Waals surface area (Å²) >= 11 is 5.87. The minimum absolute atomic E-state index is 0.181. The van der Waals surface area contributed by atoms with Crippen LogP contribution in [0.15, 0.2) is 54.7 Å². The van der Waals surface area contributed by atoms with Crippen LogP contribution in [0.4, 0.5) is 10.5 Å². The van der Waals surface area contributed by atoms with Crippen LogP contribution in [0.3, 0.4) is 0 Å². The van der Waals surface area contributed by atoms with Gasteiger partial charge in [-0.05, 0) is 49.0 Å². The number of amides is 4. The second-order valence-corrected chi connectivity index (χ2v) is 6.98. The molecule has 2 heterocycles. The Bertz CT molecular complexity index is 1020. The first-order valence-electron chi connectivity index (χ1n) is 8.79. The van der Waals surface area contributed by atoms with Crippen molar-refractivity contribution in [2.45, 2.75) is 6.54 Å². The maximum Gasteiger partial charge on any atom is 0.335 e. The van der Waals surface area contributed by atoms with Gasteiger partial charge in [0.1, 0.15) is 12.2 Å². The molecule has 1 unspecified atom stereocenters.